The quantitative estimate of drug-likeness (QED) is 0.655. The minimum Gasteiger partial charge on any atom is -0.406 e. The van der Waals surface area contributed by atoms with Crippen molar-refractivity contribution in [3.63, 3.8) is 0 Å². The number of carbonyl (C=O) groups is 2. The van der Waals surface area contributed by atoms with Crippen molar-refractivity contribution in [2.45, 2.75) is 44.4 Å². The molecule has 1 saturated carbocycles. The first kappa shape index (κ1) is 23.9. The van der Waals surface area contributed by atoms with Gasteiger partial charge >= 0.3 is 18.6 Å². The first-order valence-corrected chi connectivity index (χ1v) is 9.73. The maximum Gasteiger partial charge on any atom is 0.573 e. The molecule has 3 rings (SSSR count). The molecule has 2 atom stereocenters. The van der Waals surface area contributed by atoms with Crippen molar-refractivity contribution >= 4 is 11.9 Å². The largest absolute Gasteiger partial charge is 0.573 e. The number of alkyl halides is 6. The zero-order valence-corrected chi connectivity index (χ0v) is 16.7. The third-order valence-electron chi connectivity index (χ3n) is 5.69. The Morgan fingerprint density at radius 3 is 2.44 bits per heavy atom. The molecule has 3 amide bonds. The van der Waals surface area contributed by atoms with E-state index in [4.69, 9.17) is 0 Å². The second-order valence-electron chi connectivity index (χ2n) is 7.79. The fourth-order valence-corrected chi connectivity index (χ4v) is 3.88. The Bertz CT molecular complexity index is 869. The van der Waals surface area contributed by atoms with Gasteiger partial charge < -0.3 is 20.3 Å². The predicted octanol–water partition coefficient (Wildman–Crippen LogP) is 3.88. The van der Waals surface area contributed by atoms with Crippen LogP contribution in [0.5, 0.6) is 5.75 Å². The van der Waals surface area contributed by atoms with Gasteiger partial charge in [-0.15, -0.1) is 13.2 Å². The molecule has 13 heteroatoms. The van der Waals surface area contributed by atoms with Crippen LogP contribution in [-0.2, 0) is 4.79 Å². The summed E-state index contributed by atoms with van der Waals surface area (Å²) < 4.78 is 94.3. The van der Waals surface area contributed by atoms with Crippen LogP contribution in [0, 0.1) is 17.7 Å². The molecule has 1 heterocycles. The van der Waals surface area contributed by atoms with E-state index in [1.54, 1.807) is 0 Å². The molecule has 1 aromatic carbocycles. The number of piperazine rings is 1. The van der Waals surface area contributed by atoms with Gasteiger partial charge in [0.25, 0.3) is 0 Å². The molecule has 0 unspecified atom stereocenters. The molecule has 178 valence electrons. The number of rotatable bonds is 4. The van der Waals surface area contributed by atoms with Crippen LogP contribution in [0.1, 0.15) is 31.4 Å². The normalized spacial score (nSPS) is 24.9. The van der Waals surface area contributed by atoms with E-state index in [1.165, 1.54) is 6.92 Å². The number of amides is 3. The zero-order valence-electron chi connectivity index (χ0n) is 16.7. The van der Waals surface area contributed by atoms with Gasteiger partial charge in [-0.2, -0.15) is 13.2 Å². The SMILES string of the molecule is C[C@@H]1C(=O)NCCN1C(=O)N[C@H](c1ccc(OC(F)(F)F)cc1F)[C@H]1C[C@H](C(F)(F)F)C1. The lowest BCUT2D eigenvalue weighted by Crippen LogP contribution is -2.59. The number of ether oxygens (including phenoxy) is 1. The summed E-state index contributed by atoms with van der Waals surface area (Å²) in [5.74, 6) is -4.86. The standard InChI is InChI=1S/C19H20F7N3O3/c1-9-16(30)27-4-5-29(9)17(31)28-15(10-6-11(7-10)18(21,22)23)13-3-2-12(8-14(13)20)32-19(24,25)26/h2-3,8-11,15H,4-7H2,1H3,(H,27,30)(H,28,31)/t9-,10-,11-,15+/m1/s1. The van der Waals surface area contributed by atoms with Crippen molar-refractivity contribution in [1.29, 1.82) is 0 Å². The second-order valence-corrected chi connectivity index (χ2v) is 7.79. The van der Waals surface area contributed by atoms with Crippen LogP contribution in [0.3, 0.4) is 0 Å². The highest BCUT2D eigenvalue weighted by Crippen LogP contribution is 2.50. The summed E-state index contributed by atoms with van der Waals surface area (Å²) in [6, 6.07) is -0.669. The van der Waals surface area contributed by atoms with Gasteiger partial charge in [0.15, 0.2) is 0 Å². The summed E-state index contributed by atoms with van der Waals surface area (Å²) in [6.07, 6.45) is -10.3. The second kappa shape index (κ2) is 8.66. The fraction of sp³-hybridized carbons (Fsp3) is 0.579. The molecule has 0 radical (unpaired) electrons. The molecule has 2 aliphatic rings. The maximum absolute atomic E-state index is 14.7. The smallest absolute Gasteiger partial charge is 0.406 e. The number of urea groups is 1. The number of nitrogens with one attached hydrogen (secondary N) is 2. The monoisotopic (exact) mass is 471 g/mol. The summed E-state index contributed by atoms with van der Waals surface area (Å²) in [5, 5.41) is 5.02. The van der Waals surface area contributed by atoms with Gasteiger partial charge in [-0.25, -0.2) is 9.18 Å². The van der Waals surface area contributed by atoms with Crippen molar-refractivity contribution in [3.05, 3.63) is 29.6 Å². The molecule has 0 aromatic heterocycles. The van der Waals surface area contributed by atoms with E-state index in [0.29, 0.717) is 6.07 Å². The Morgan fingerprint density at radius 2 is 1.88 bits per heavy atom. The van der Waals surface area contributed by atoms with E-state index in [1.807, 2.05) is 0 Å². The number of hydrogen-bond acceptors (Lipinski definition) is 3. The van der Waals surface area contributed by atoms with E-state index < -0.39 is 60.0 Å². The molecular weight excluding hydrogens is 451 g/mol. The molecule has 1 aromatic rings. The highest BCUT2D eigenvalue weighted by Gasteiger charge is 2.51. The van der Waals surface area contributed by atoms with Gasteiger partial charge in [-0.3, -0.25) is 4.79 Å². The fourth-order valence-electron chi connectivity index (χ4n) is 3.88. The number of hydrogen-bond donors (Lipinski definition) is 2. The third kappa shape index (κ3) is 5.36. The number of carbonyl (C=O) groups excluding carboxylic acids is 2. The Morgan fingerprint density at radius 1 is 1.22 bits per heavy atom. The lowest BCUT2D eigenvalue weighted by Gasteiger charge is -2.43. The number of nitrogens with zero attached hydrogens (tertiary/aromatic N) is 1. The third-order valence-corrected chi connectivity index (χ3v) is 5.69. The Kier molecular flexibility index (Phi) is 6.47. The van der Waals surface area contributed by atoms with Crippen molar-refractivity contribution in [2.75, 3.05) is 13.1 Å². The highest BCUT2D eigenvalue weighted by molar-refractivity contribution is 5.88. The van der Waals surface area contributed by atoms with Crippen molar-refractivity contribution < 1.29 is 45.1 Å². The van der Waals surface area contributed by atoms with Crippen molar-refractivity contribution in [2.24, 2.45) is 11.8 Å². The van der Waals surface area contributed by atoms with E-state index >= 15 is 0 Å². The first-order chi connectivity index (χ1) is 14.8. The van der Waals surface area contributed by atoms with E-state index in [0.717, 1.165) is 17.0 Å². The molecule has 0 spiro atoms. The average Bonchev–Trinajstić information content (AvgIpc) is 2.59. The van der Waals surface area contributed by atoms with Gasteiger partial charge in [0.1, 0.15) is 17.6 Å². The minimum absolute atomic E-state index is 0.127. The van der Waals surface area contributed by atoms with Gasteiger partial charge in [-0.1, -0.05) is 6.07 Å². The minimum atomic E-state index is -5.06. The molecule has 2 N–H and O–H groups in total. The summed E-state index contributed by atoms with van der Waals surface area (Å²) in [7, 11) is 0. The molecule has 0 bridgehead atoms. The van der Waals surface area contributed by atoms with Crippen LogP contribution in [-0.4, -0.2) is 48.5 Å². The van der Waals surface area contributed by atoms with E-state index in [-0.39, 0.29) is 31.5 Å². The molecule has 1 saturated heterocycles. The van der Waals surface area contributed by atoms with Crippen LogP contribution in [0.4, 0.5) is 35.5 Å². The molecule has 2 fully saturated rings. The average molecular weight is 471 g/mol. The molecule has 1 aliphatic heterocycles. The summed E-state index contributed by atoms with van der Waals surface area (Å²) in [5.41, 5.74) is -0.271. The molecular formula is C19H20F7N3O3. The van der Waals surface area contributed by atoms with Gasteiger partial charge in [-0.05, 0) is 31.7 Å². The van der Waals surface area contributed by atoms with Gasteiger partial charge in [0, 0.05) is 24.7 Å². The van der Waals surface area contributed by atoms with Gasteiger partial charge in [0.2, 0.25) is 5.91 Å². The summed E-state index contributed by atoms with van der Waals surface area (Å²) in [6.45, 7) is 1.75. The molecule has 6 nitrogen and oxygen atoms in total. The predicted molar refractivity (Wildman–Crippen MR) is 95.8 cm³/mol. The topological polar surface area (TPSA) is 70.7 Å². The number of benzene rings is 1. The Hall–Kier alpha value is -2.73. The van der Waals surface area contributed by atoms with E-state index in [9.17, 15) is 40.3 Å². The van der Waals surface area contributed by atoms with Crippen molar-refractivity contribution in [1.82, 2.24) is 15.5 Å². The lowest BCUT2D eigenvalue weighted by molar-refractivity contribution is -0.274. The van der Waals surface area contributed by atoms with Crippen LogP contribution in [0.25, 0.3) is 0 Å². The molecule has 1 aliphatic carbocycles. The van der Waals surface area contributed by atoms with Crippen LogP contribution in [0.2, 0.25) is 0 Å². The number of halogens is 7. The van der Waals surface area contributed by atoms with Crippen LogP contribution >= 0.6 is 0 Å². The van der Waals surface area contributed by atoms with Crippen LogP contribution in [0.15, 0.2) is 18.2 Å². The van der Waals surface area contributed by atoms with Gasteiger partial charge in [0.05, 0.1) is 12.0 Å². The summed E-state index contributed by atoms with van der Waals surface area (Å²) in [4.78, 5) is 25.7. The lowest BCUT2D eigenvalue weighted by atomic mass is 9.69. The maximum atomic E-state index is 14.7. The summed E-state index contributed by atoms with van der Waals surface area (Å²) >= 11 is 0. The van der Waals surface area contributed by atoms with E-state index in [2.05, 4.69) is 15.4 Å². The van der Waals surface area contributed by atoms with Crippen LogP contribution < -0.4 is 15.4 Å². The zero-order chi connectivity index (χ0) is 23.8. The Labute approximate surface area is 178 Å². The van der Waals surface area contributed by atoms with Crippen molar-refractivity contribution in [3.8, 4) is 5.75 Å². The first-order valence-electron chi connectivity index (χ1n) is 9.73. The molecule has 32 heavy (non-hydrogen) atoms. The Balaban J connectivity index is 1.83. The highest BCUT2D eigenvalue weighted by atomic mass is 19.4.